The summed E-state index contributed by atoms with van der Waals surface area (Å²) in [4.78, 5) is 11.9. The van der Waals surface area contributed by atoms with E-state index in [2.05, 4.69) is 10.4 Å². The van der Waals surface area contributed by atoms with Gasteiger partial charge in [-0.15, -0.1) is 0 Å². The van der Waals surface area contributed by atoms with Crippen LogP contribution in [0.1, 0.15) is 12.0 Å². The molecule has 1 amide bonds. The highest BCUT2D eigenvalue weighted by Crippen LogP contribution is 2.18. The summed E-state index contributed by atoms with van der Waals surface area (Å²) < 4.78 is 12.2. The molecule has 3 rings (SSSR count). The minimum Gasteiger partial charge on any atom is -0.497 e. The van der Waals surface area contributed by atoms with Crippen molar-refractivity contribution in [1.82, 2.24) is 15.1 Å². The fraction of sp³-hybridized carbons (Fsp3) is 0.263. The van der Waals surface area contributed by atoms with Crippen LogP contribution in [0.15, 0.2) is 59.5 Å². The molecule has 0 bridgehead atoms. The Morgan fingerprint density at radius 1 is 1.28 bits per heavy atom. The molecule has 0 atom stereocenters. The molecule has 1 N–H and O–H groups in total. The lowest BCUT2D eigenvalue weighted by Crippen LogP contribution is -2.27. The predicted molar refractivity (Wildman–Crippen MR) is 94.3 cm³/mol. The van der Waals surface area contributed by atoms with Crippen molar-refractivity contribution in [2.24, 2.45) is 0 Å². The molecule has 3 aromatic rings. The summed E-state index contributed by atoms with van der Waals surface area (Å²) in [6.45, 7) is 1.16. The van der Waals surface area contributed by atoms with Crippen molar-refractivity contribution in [3.63, 3.8) is 0 Å². The topological polar surface area (TPSA) is 69.3 Å². The van der Waals surface area contributed by atoms with Gasteiger partial charge in [0.15, 0.2) is 0 Å². The maximum atomic E-state index is 11.9. The standard InChI is InChI=1S/C19H21N3O3/c1-24-17-7-4-15(5-8-17)6-9-19(23)20-10-11-22-14-16(13-21-22)18-3-2-12-25-18/h2-5,7-8,12-14H,6,9-11H2,1H3,(H,20,23). The summed E-state index contributed by atoms with van der Waals surface area (Å²) in [6, 6.07) is 11.5. The van der Waals surface area contributed by atoms with E-state index in [-0.39, 0.29) is 5.91 Å². The van der Waals surface area contributed by atoms with Crippen LogP contribution in [0.25, 0.3) is 11.3 Å². The van der Waals surface area contributed by atoms with Crippen LogP contribution in [0.3, 0.4) is 0 Å². The number of hydrogen-bond donors (Lipinski definition) is 1. The smallest absolute Gasteiger partial charge is 0.220 e. The van der Waals surface area contributed by atoms with Gasteiger partial charge in [0.2, 0.25) is 5.91 Å². The van der Waals surface area contributed by atoms with E-state index in [0.29, 0.717) is 25.9 Å². The quantitative estimate of drug-likeness (QED) is 0.685. The van der Waals surface area contributed by atoms with E-state index in [1.54, 1.807) is 24.3 Å². The van der Waals surface area contributed by atoms with Crippen LogP contribution in [0, 0.1) is 0 Å². The third kappa shape index (κ3) is 4.73. The SMILES string of the molecule is COc1ccc(CCC(=O)NCCn2cc(-c3ccco3)cn2)cc1. The van der Waals surface area contributed by atoms with Crippen LogP contribution >= 0.6 is 0 Å². The van der Waals surface area contributed by atoms with Crippen LogP contribution in [-0.4, -0.2) is 29.3 Å². The first kappa shape index (κ1) is 16.8. The van der Waals surface area contributed by atoms with Gasteiger partial charge in [-0.3, -0.25) is 9.48 Å². The zero-order chi connectivity index (χ0) is 17.5. The lowest BCUT2D eigenvalue weighted by Gasteiger charge is -2.06. The van der Waals surface area contributed by atoms with Gasteiger partial charge in [-0.1, -0.05) is 12.1 Å². The molecule has 6 heteroatoms. The van der Waals surface area contributed by atoms with E-state index in [9.17, 15) is 4.79 Å². The highest BCUT2D eigenvalue weighted by atomic mass is 16.5. The lowest BCUT2D eigenvalue weighted by molar-refractivity contribution is -0.121. The number of aromatic nitrogens is 2. The lowest BCUT2D eigenvalue weighted by atomic mass is 10.1. The van der Waals surface area contributed by atoms with E-state index in [1.807, 2.05) is 42.6 Å². The summed E-state index contributed by atoms with van der Waals surface area (Å²) >= 11 is 0. The number of amides is 1. The number of rotatable bonds is 8. The summed E-state index contributed by atoms with van der Waals surface area (Å²) in [7, 11) is 1.64. The Bertz CT molecular complexity index is 792. The maximum Gasteiger partial charge on any atom is 0.220 e. The van der Waals surface area contributed by atoms with Crippen LogP contribution < -0.4 is 10.1 Å². The van der Waals surface area contributed by atoms with Crippen LogP contribution in [-0.2, 0) is 17.8 Å². The molecule has 0 aliphatic carbocycles. The molecular formula is C19H21N3O3. The number of carbonyl (C=O) groups is 1. The summed E-state index contributed by atoms with van der Waals surface area (Å²) in [5.41, 5.74) is 2.04. The van der Waals surface area contributed by atoms with Gasteiger partial charge in [-0.05, 0) is 36.2 Å². The number of ether oxygens (including phenoxy) is 1. The van der Waals surface area contributed by atoms with Crippen molar-refractivity contribution in [1.29, 1.82) is 0 Å². The minimum atomic E-state index is 0.0363. The molecule has 0 saturated heterocycles. The second-order valence-corrected chi connectivity index (χ2v) is 5.67. The van der Waals surface area contributed by atoms with Gasteiger partial charge in [-0.25, -0.2) is 0 Å². The van der Waals surface area contributed by atoms with E-state index < -0.39 is 0 Å². The second-order valence-electron chi connectivity index (χ2n) is 5.67. The molecule has 0 fully saturated rings. The number of nitrogens with one attached hydrogen (secondary N) is 1. The highest BCUT2D eigenvalue weighted by molar-refractivity contribution is 5.76. The monoisotopic (exact) mass is 339 g/mol. The molecule has 2 aromatic heterocycles. The predicted octanol–water partition coefficient (Wildman–Crippen LogP) is 2.90. The summed E-state index contributed by atoms with van der Waals surface area (Å²) in [5.74, 6) is 1.64. The van der Waals surface area contributed by atoms with Crippen molar-refractivity contribution in [2.75, 3.05) is 13.7 Å². The average molecular weight is 339 g/mol. The first-order chi connectivity index (χ1) is 12.2. The molecule has 0 spiro atoms. The van der Waals surface area contributed by atoms with E-state index in [4.69, 9.17) is 9.15 Å². The Hall–Kier alpha value is -3.02. The number of nitrogens with zero attached hydrogens (tertiary/aromatic N) is 2. The van der Waals surface area contributed by atoms with Gasteiger partial charge in [-0.2, -0.15) is 5.10 Å². The maximum absolute atomic E-state index is 11.9. The van der Waals surface area contributed by atoms with Gasteiger partial charge in [0.25, 0.3) is 0 Å². The Morgan fingerprint density at radius 2 is 2.12 bits per heavy atom. The molecule has 1 aromatic carbocycles. The summed E-state index contributed by atoms with van der Waals surface area (Å²) in [5, 5.41) is 7.19. The number of carbonyl (C=O) groups excluding carboxylic acids is 1. The molecular weight excluding hydrogens is 318 g/mol. The Morgan fingerprint density at radius 3 is 2.84 bits per heavy atom. The van der Waals surface area contributed by atoms with Crippen molar-refractivity contribution < 1.29 is 13.9 Å². The molecule has 2 heterocycles. The van der Waals surface area contributed by atoms with Crippen molar-refractivity contribution in [2.45, 2.75) is 19.4 Å². The van der Waals surface area contributed by atoms with E-state index in [0.717, 1.165) is 22.6 Å². The average Bonchev–Trinajstić information content (AvgIpc) is 3.32. The zero-order valence-corrected chi connectivity index (χ0v) is 14.1. The van der Waals surface area contributed by atoms with E-state index >= 15 is 0 Å². The van der Waals surface area contributed by atoms with E-state index in [1.165, 1.54) is 0 Å². The fourth-order valence-corrected chi connectivity index (χ4v) is 2.50. The molecule has 25 heavy (non-hydrogen) atoms. The second kappa shape index (κ2) is 8.19. The Balaban J connectivity index is 1.39. The Labute approximate surface area is 146 Å². The molecule has 130 valence electrons. The fourth-order valence-electron chi connectivity index (χ4n) is 2.50. The molecule has 0 radical (unpaired) electrons. The first-order valence-corrected chi connectivity index (χ1v) is 8.20. The summed E-state index contributed by atoms with van der Waals surface area (Å²) in [6.07, 6.45) is 6.46. The number of hydrogen-bond acceptors (Lipinski definition) is 4. The number of aryl methyl sites for hydroxylation is 1. The minimum absolute atomic E-state index is 0.0363. The van der Waals surface area contributed by atoms with Crippen molar-refractivity contribution >= 4 is 5.91 Å². The van der Waals surface area contributed by atoms with Gasteiger partial charge in [0, 0.05) is 19.2 Å². The van der Waals surface area contributed by atoms with Crippen LogP contribution in [0.2, 0.25) is 0 Å². The van der Waals surface area contributed by atoms with Gasteiger partial charge < -0.3 is 14.5 Å². The van der Waals surface area contributed by atoms with Crippen molar-refractivity contribution in [3.8, 4) is 17.1 Å². The number of furan rings is 1. The molecule has 0 saturated carbocycles. The third-order valence-corrected chi connectivity index (χ3v) is 3.90. The normalized spacial score (nSPS) is 10.6. The Kier molecular flexibility index (Phi) is 5.51. The molecule has 0 aliphatic heterocycles. The third-order valence-electron chi connectivity index (χ3n) is 3.90. The van der Waals surface area contributed by atoms with Crippen LogP contribution in [0.4, 0.5) is 0 Å². The molecule has 0 unspecified atom stereocenters. The highest BCUT2D eigenvalue weighted by Gasteiger charge is 2.05. The molecule has 6 nitrogen and oxygen atoms in total. The zero-order valence-electron chi connectivity index (χ0n) is 14.1. The number of benzene rings is 1. The van der Waals surface area contributed by atoms with Crippen molar-refractivity contribution in [3.05, 3.63) is 60.6 Å². The van der Waals surface area contributed by atoms with Gasteiger partial charge in [0.1, 0.15) is 11.5 Å². The molecule has 0 aliphatic rings. The largest absolute Gasteiger partial charge is 0.497 e. The van der Waals surface area contributed by atoms with Gasteiger partial charge in [0.05, 0.1) is 31.7 Å². The van der Waals surface area contributed by atoms with Gasteiger partial charge >= 0.3 is 0 Å². The first-order valence-electron chi connectivity index (χ1n) is 8.20. The van der Waals surface area contributed by atoms with Crippen LogP contribution in [0.5, 0.6) is 5.75 Å². The number of methoxy groups -OCH3 is 1.